The van der Waals surface area contributed by atoms with E-state index in [1.54, 1.807) is 0 Å². The smallest absolute Gasteiger partial charge is 0.0998 e. The van der Waals surface area contributed by atoms with Gasteiger partial charge in [-0.05, 0) is 34.0 Å². The lowest BCUT2D eigenvalue weighted by molar-refractivity contribution is 1.12. The molecule has 2 aliphatic rings. The van der Waals surface area contributed by atoms with Crippen LogP contribution in [0.1, 0.15) is 28.2 Å². The number of nitrogens with one attached hydrogen (secondary N) is 1. The van der Waals surface area contributed by atoms with Gasteiger partial charge in [0.1, 0.15) is 0 Å². The van der Waals surface area contributed by atoms with Gasteiger partial charge in [0.15, 0.2) is 0 Å². The Kier molecular flexibility index (Phi) is 1.85. The Morgan fingerprint density at radius 2 is 1.89 bits per heavy atom. The molecule has 2 heteroatoms. The molecule has 0 saturated carbocycles. The van der Waals surface area contributed by atoms with Crippen LogP contribution >= 0.6 is 0 Å². The molecule has 19 heavy (non-hydrogen) atoms. The van der Waals surface area contributed by atoms with Crippen molar-refractivity contribution in [3.63, 3.8) is 0 Å². The van der Waals surface area contributed by atoms with E-state index in [2.05, 4.69) is 18.2 Å². The number of hydrogen-bond donors (Lipinski definition) is 1. The SMILES string of the molecule is N#Cc1ccc2ccc3c4c2c1C=CC4C(=N)C=C3. The number of benzene rings is 2. The number of rotatable bonds is 0. The first-order valence-corrected chi connectivity index (χ1v) is 6.24. The highest BCUT2D eigenvalue weighted by molar-refractivity contribution is 6.12. The summed E-state index contributed by atoms with van der Waals surface area (Å²) in [4.78, 5) is 0. The predicted molar refractivity (Wildman–Crippen MR) is 77.2 cm³/mol. The van der Waals surface area contributed by atoms with Gasteiger partial charge in [-0.15, -0.1) is 0 Å². The third kappa shape index (κ3) is 1.22. The molecule has 0 aliphatic heterocycles. The van der Waals surface area contributed by atoms with E-state index in [1.165, 1.54) is 5.56 Å². The minimum atomic E-state index is 0.0325. The molecule has 4 rings (SSSR count). The van der Waals surface area contributed by atoms with Crippen molar-refractivity contribution in [3.05, 3.63) is 58.7 Å². The number of nitrogens with zero attached hydrogens (tertiary/aromatic N) is 1. The van der Waals surface area contributed by atoms with Crippen molar-refractivity contribution >= 4 is 28.6 Å². The maximum Gasteiger partial charge on any atom is 0.0998 e. The zero-order chi connectivity index (χ0) is 13.0. The van der Waals surface area contributed by atoms with Crippen LogP contribution in [0, 0.1) is 16.7 Å². The molecule has 0 amide bonds. The van der Waals surface area contributed by atoms with Crippen LogP contribution in [0.25, 0.3) is 22.9 Å². The molecule has 0 spiro atoms. The normalized spacial score (nSPS) is 18.7. The lowest BCUT2D eigenvalue weighted by Crippen LogP contribution is -2.15. The van der Waals surface area contributed by atoms with E-state index < -0.39 is 0 Å². The molecule has 0 aromatic heterocycles. The molecule has 2 aromatic carbocycles. The van der Waals surface area contributed by atoms with Crippen molar-refractivity contribution in [2.24, 2.45) is 0 Å². The predicted octanol–water partition coefficient (Wildman–Crippen LogP) is 3.87. The molecule has 1 N–H and O–H groups in total. The quantitative estimate of drug-likeness (QED) is 0.749. The highest BCUT2D eigenvalue weighted by atomic mass is 14.5. The molecule has 2 aliphatic carbocycles. The second-order valence-corrected chi connectivity index (χ2v) is 4.93. The topological polar surface area (TPSA) is 47.6 Å². The monoisotopic (exact) mass is 242 g/mol. The van der Waals surface area contributed by atoms with Crippen molar-refractivity contribution in [1.29, 1.82) is 10.7 Å². The van der Waals surface area contributed by atoms with Crippen LogP contribution in [-0.2, 0) is 0 Å². The molecule has 2 nitrogen and oxygen atoms in total. The van der Waals surface area contributed by atoms with Crippen molar-refractivity contribution < 1.29 is 0 Å². The Bertz CT molecular complexity index is 848. The van der Waals surface area contributed by atoms with Gasteiger partial charge in [-0.2, -0.15) is 5.26 Å². The highest BCUT2D eigenvalue weighted by Gasteiger charge is 2.26. The highest BCUT2D eigenvalue weighted by Crippen LogP contribution is 2.41. The van der Waals surface area contributed by atoms with E-state index in [4.69, 9.17) is 5.41 Å². The summed E-state index contributed by atoms with van der Waals surface area (Å²) in [7, 11) is 0. The molecule has 0 bridgehead atoms. The minimum absolute atomic E-state index is 0.0325. The zero-order valence-electron chi connectivity index (χ0n) is 10.1. The Hall–Kier alpha value is -2.66. The van der Waals surface area contributed by atoms with Crippen LogP contribution in [0.4, 0.5) is 0 Å². The van der Waals surface area contributed by atoms with Crippen LogP contribution in [0.2, 0.25) is 0 Å². The standard InChI is InChI=1S/C17H10N2/c18-9-12-4-3-10-1-2-11-5-8-15(19)14-7-6-13(12)16(10)17(11)14/h1-8,14,19H. The van der Waals surface area contributed by atoms with Crippen LogP contribution in [0.15, 0.2) is 36.4 Å². The molecule has 0 radical (unpaired) electrons. The van der Waals surface area contributed by atoms with Gasteiger partial charge < -0.3 is 5.41 Å². The summed E-state index contributed by atoms with van der Waals surface area (Å²) in [6.07, 6.45) is 7.89. The van der Waals surface area contributed by atoms with E-state index in [9.17, 15) is 5.26 Å². The average molecular weight is 242 g/mol. The average Bonchev–Trinajstić information content (AvgIpc) is 2.46. The van der Waals surface area contributed by atoms with Crippen molar-refractivity contribution in [3.8, 4) is 6.07 Å². The van der Waals surface area contributed by atoms with Gasteiger partial charge in [-0.25, -0.2) is 0 Å². The van der Waals surface area contributed by atoms with E-state index in [0.717, 1.165) is 21.9 Å². The van der Waals surface area contributed by atoms with Gasteiger partial charge in [-0.3, -0.25) is 0 Å². The second kappa shape index (κ2) is 3.43. The van der Waals surface area contributed by atoms with Crippen molar-refractivity contribution in [2.45, 2.75) is 5.92 Å². The Labute approximate surface area is 110 Å². The van der Waals surface area contributed by atoms with Gasteiger partial charge in [0, 0.05) is 17.2 Å². The maximum atomic E-state index is 9.24. The van der Waals surface area contributed by atoms with E-state index in [0.29, 0.717) is 11.3 Å². The van der Waals surface area contributed by atoms with Gasteiger partial charge in [0.2, 0.25) is 0 Å². The number of hydrogen-bond acceptors (Lipinski definition) is 2. The van der Waals surface area contributed by atoms with E-state index in [-0.39, 0.29) is 5.92 Å². The molecule has 1 unspecified atom stereocenters. The summed E-state index contributed by atoms with van der Waals surface area (Å²) in [5.41, 5.74) is 4.66. The third-order valence-electron chi connectivity index (χ3n) is 3.96. The molecule has 2 aromatic rings. The van der Waals surface area contributed by atoms with Crippen molar-refractivity contribution in [1.82, 2.24) is 0 Å². The van der Waals surface area contributed by atoms with Gasteiger partial charge in [0.25, 0.3) is 0 Å². The molecular formula is C17H10N2. The molecule has 1 atom stereocenters. The molecule has 0 fully saturated rings. The fourth-order valence-corrected chi connectivity index (χ4v) is 3.07. The lowest BCUT2D eigenvalue weighted by Gasteiger charge is -2.26. The second-order valence-electron chi connectivity index (χ2n) is 4.93. The first kappa shape index (κ1) is 10.3. The Balaban J connectivity index is 2.24. The summed E-state index contributed by atoms with van der Waals surface area (Å²) in [5, 5.41) is 19.6. The third-order valence-corrected chi connectivity index (χ3v) is 3.96. The molecule has 88 valence electrons. The van der Waals surface area contributed by atoms with E-state index >= 15 is 0 Å². The lowest BCUT2D eigenvalue weighted by atomic mass is 9.77. The molecular weight excluding hydrogens is 232 g/mol. The Morgan fingerprint density at radius 3 is 2.74 bits per heavy atom. The summed E-state index contributed by atoms with van der Waals surface area (Å²) in [5.74, 6) is 0.0325. The minimum Gasteiger partial charge on any atom is -0.304 e. The fraction of sp³-hybridized carbons (Fsp3) is 0.0588. The summed E-state index contributed by atoms with van der Waals surface area (Å²) >= 11 is 0. The van der Waals surface area contributed by atoms with E-state index in [1.807, 2.05) is 36.4 Å². The van der Waals surface area contributed by atoms with Crippen LogP contribution < -0.4 is 0 Å². The van der Waals surface area contributed by atoms with Crippen molar-refractivity contribution in [2.75, 3.05) is 0 Å². The Morgan fingerprint density at radius 1 is 1.05 bits per heavy atom. The van der Waals surface area contributed by atoms with Gasteiger partial charge in [0.05, 0.1) is 11.6 Å². The summed E-state index contributed by atoms with van der Waals surface area (Å²) in [6, 6.07) is 10.3. The summed E-state index contributed by atoms with van der Waals surface area (Å²) < 4.78 is 0. The molecule has 0 saturated heterocycles. The fourth-order valence-electron chi connectivity index (χ4n) is 3.07. The van der Waals surface area contributed by atoms with Gasteiger partial charge >= 0.3 is 0 Å². The maximum absolute atomic E-state index is 9.24. The first-order chi connectivity index (χ1) is 9.29. The first-order valence-electron chi connectivity index (χ1n) is 6.24. The largest absolute Gasteiger partial charge is 0.304 e. The van der Waals surface area contributed by atoms with Gasteiger partial charge in [-0.1, -0.05) is 36.4 Å². The van der Waals surface area contributed by atoms with Crippen LogP contribution in [-0.4, -0.2) is 5.71 Å². The van der Waals surface area contributed by atoms with Crippen LogP contribution in [0.3, 0.4) is 0 Å². The summed E-state index contributed by atoms with van der Waals surface area (Å²) in [6.45, 7) is 0. The zero-order valence-corrected chi connectivity index (χ0v) is 10.1. The molecule has 0 heterocycles. The van der Waals surface area contributed by atoms with Crippen LogP contribution in [0.5, 0.6) is 0 Å². The number of nitriles is 1. The number of allylic oxidation sites excluding steroid dienone is 2.